The number of esters is 1. The lowest BCUT2D eigenvalue weighted by atomic mass is 9.75. The second kappa shape index (κ2) is 8.00. The number of thioether (sulfide) groups is 1. The molecular formula is C18H27N3O4S. The summed E-state index contributed by atoms with van der Waals surface area (Å²) in [5.74, 6) is 1.73. The summed E-state index contributed by atoms with van der Waals surface area (Å²) < 4.78 is 13.0. The van der Waals surface area contributed by atoms with E-state index >= 15 is 0 Å². The summed E-state index contributed by atoms with van der Waals surface area (Å²) in [6.45, 7) is 6.56. The van der Waals surface area contributed by atoms with E-state index in [1.54, 1.807) is 6.20 Å². The predicted octanol–water partition coefficient (Wildman–Crippen LogP) is 2.42. The first kappa shape index (κ1) is 19.2. The number of nitrogens with two attached hydrogens (primary N) is 1. The quantitative estimate of drug-likeness (QED) is 0.800. The van der Waals surface area contributed by atoms with E-state index in [2.05, 4.69) is 25.8 Å². The van der Waals surface area contributed by atoms with E-state index < -0.39 is 17.4 Å². The molecule has 3 rings (SSSR count). The molecule has 7 nitrogen and oxygen atoms in total. The molecule has 0 amide bonds. The van der Waals surface area contributed by atoms with Crippen LogP contribution in [0.25, 0.3) is 0 Å². The van der Waals surface area contributed by atoms with Crippen LogP contribution in [0.2, 0.25) is 0 Å². The number of hydrogen-bond donors (Lipinski definition) is 1. The van der Waals surface area contributed by atoms with Gasteiger partial charge in [-0.15, -0.1) is 11.8 Å². The minimum atomic E-state index is -0.713. The van der Waals surface area contributed by atoms with Crippen molar-refractivity contribution in [2.75, 3.05) is 11.5 Å². The van der Waals surface area contributed by atoms with Crippen LogP contribution in [0.3, 0.4) is 0 Å². The SMILES string of the molecule is CC(C)[C@H]1CC[C@H](C)C[C@@H]1OC(=O)[C@H]1O[C@@H](n2ccc(N)nc2=O)CS1. The fourth-order valence-electron chi connectivity index (χ4n) is 3.76. The van der Waals surface area contributed by atoms with E-state index in [4.69, 9.17) is 15.2 Å². The van der Waals surface area contributed by atoms with Crippen LogP contribution >= 0.6 is 11.8 Å². The van der Waals surface area contributed by atoms with Gasteiger partial charge in [0.2, 0.25) is 5.44 Å². The van der Waals surface area contributed by atoms with Gasteiger partial charge in [0.05, 0.1) is 0 Å². The smallest absolute Gasteiger partial charge is 0.351 e. The van der Waals surface area contributed by atoms with Crippen molar-refractivity contribution in [3.8, 4) is 0 Å². The Bertz CT molecular complexity index is 708. The molecule has 2 aliphatic rings. The van der Waals surface area contributed by atoms with Gasteiger partial charge in [-0.3, -0.25) is 4.57 Å². The average molecular weight is 381 g/mol. The first-order valence-electron chi connectivity index (χ1n) is 9.17. The van der Waals surface area contributed by atoms with Crippen LogP contribution in [-0.4, -0.2) is 32.8 Å². The molecule has 0 radical (unpaired) electrons. The van der Waals surface area contributed by atoms with Crippen molar-refractivity contribution in [1.82, 2.24) is 9.55 Å². The molecule has 0 aromatic carbocycles. The largest absolute Gasteiger partial charge is 0.459 e. The van der Waals surface area contributed by atoms with E-state index in [1.807, 2.05) is 0 Å². The number of anilines is 1. The molecule has 5 atom stereocenters. The van der Waals surface area contributed by atoms with E-state index in [0.717, 1.165) is 12.8 Å². The fourth-order valence-corrected chi connectivity index (χ4v) is 4.74. The molecule has 1 saturated heterocycles. The maximum Gasteiger partial charge on any atom is 0.351 e. The summed E-state index contributed by atoms with van der Waals surface area (Å²) >= 11 is 1.35. The highest BCUT2D eigenvalue weighted by Crippen LogP contribution is 2.37. The Kier molecular flexibility index (Phi) is 5.92. The molecule has 1 aromatic rings. The zero-order valence-electron chi connectivity index (χ0n) is 15.5. The number of nitrogen functional groups attached to an aromatic ring is 1. The summed E-state index contributed by atoms with van der Waals surface area (Å²) in [6.07, 6.45) is 4.11. The molecule has 0 unspecified atom stereocenters. The molecule has 1 aliphatic heterocycles. The Balaban J connectivity index is 1.63. The Morgan fingerprint density at radius 3 is 2.92 bits per heavy atom. The first-order valence-corrected chi connectivity index (χ1v) is 10.2. The van der Waals surface area contributed by atoms with Gasteiger partial charge in [0.15, 0.2) is 0 Å². The summed E-state index contributed by atoms with van der Waals surface area (Å²) in [7, 11) is 0. The van der Waals surface area contributed by atoms with Crippen LogP contribution in [0.4, 0.5) is 5.82 Å². The van der Waals surface area contributed by atoms with Crippen LogP contribution in [-0.2, 0) is 14.3 Å². The van der Waals surface area contributed by atoms with Crippen LogP contribution < -0.4 is 11.4 Å². The second-order valence-electron chi connectivity index (χ2n) is 7.60. The van der Waals surface area contributed by atoms with E-state index in [9.17, 15) is 9.59 Å². The molecular weight excluding hydrogens is 354 g/mol. The highest BCUT2D eigenvalue weighted by Gasteiger charge is 2.38. The Labute approximate surface area is 157 Å². The van der Waals surface area contributed by atoms with Gasteiger partial charge in [-0.05, 0) is 36.7 Å². The maximum absolute atomic E-state index is 12.6. The van der Waals surface area contributed by atoms with Gasteiger partial charge < -0.3 is 15.2 Å². The van der Waals surface area contributed by atoms with Crippen molar-refractivity contribution < 1.29 is 14.3 Å². The van der Waals surface area contributed by atoms with Gasteiger partial charge in [-0.2, -0.15) is 4.98 Å². The van der Waals surface area contributed by atoms with Crippen LogP contribution in [0.15, 0.2) is 17.1 Å². The molecule has 26 heavy (non-hydrogen) atoms. The molecule has 2 N–H and O–H groups in total. The van der Waals surface area contributed by atoms with E-state index in [1.165, 1.54) is 28.8 Å². The van der Waals surface area contributed by atoms with Crippen molar-refractivity contribution in [2.24, 2.45) is 17.8 Å². The molecule has 2 fully saturated rings. The van der Waals surface area contributed by atoms with Crippen molar-refractivity contribution in [1.29, 1.82) is 0 Å². The topological polar surface area (TPSA) is 96.4 Å². The van der Waals surface area contributed by atoms with Crippen LogP contribution in [0.1, 0.15) is 46.3 Å². The van der Waals surface area contributed by atoms with Crippen molar-refractivity contribution >= 4 is 23.5 Å². The normalized spacial score (nSPS) is 31.9. The molecule has 144 valence electrons. The fraction of sp³-hybridized carbons (Fsp3) is 0.722. The van der Waals surface area contributed by atoms with E-state index in [-0.39, 0.29) is 17.9 Å². The lowest BCUT2D eigenvalue weighted by Gasteiger charge is -2.37. The highest BCUT2D eigenvalue weighted by atomic mass is 32.2. The lowest BCUT2D eigenvalue weighted by molar-refractivity contribution is -0.166. The zero-order valence-corrected chi connectivity index (χ0v) is 16.3. The molecule has 2 heterocycles. The Hall–Kier alpha value is -1.54. The summed E-state index contributed by atoms with van der Waals surface area (Å²) in [6, 6.07) is 1.54. The van der Waals surface area contributed by atoms with Crippen molar-refractivity contribution in [3.63, 3.8) is 0 Å². The third kappa shape index (κ3) is 4.23. The van der Waals surface area contributed by atoms with Crippen molar-refractivity contribution in [2.45, 2.75) is 57.8 Å². The number of hydrogen-bond acceptors (Lipinski definition) is 7. The van der Waals surface area contributed by atoms with Gasteiger partial charge in [-0.25, -0.2) is 9.59 Å². The number of carbonyl (C=O) groups excluding carboxylic acids is 1. The monoisotopic (exact) mass is 381 g/mol. The zero-order chi connectivity index (χ0) is 18.8. The number of ether oxygens (including phenoxy) is 2. The number of rotatable bonds is 4. The number of aromatic nitrogens is 2. The molecule has 1 aromatic heterocycles. The summed E-state index contributed by atoms with van der Waals surface area (Å²) in [4.78, 5) is 28.3. The van der Waals surface area contributed by atoms with Crippen LogP contribution in [0.5, 0.6) is 0 Å². The Morgan fingerprint density at radius 2 is 2.23 bits per heavy atom. The van der Waals surface area contributed by atoms with Gasteiger partial charge in [0.1, 0.15) is 18.1 Å². The first-order chi connectivity index (χ1) is 12.3. The third-order valence-corrected chi connectivity index (χ3v) is 6.34. The van der Waals surface area contributed by atoms with Gasteiger partial charge >= 0.3 is 11.7 Å². The molecule has 1 saturated carbocycles. The van der Waals surface area contributed by atoms with Crippen molar-refractivity contribution in [3.05, 3.63) is 22.7 Å². The third-order valence-electron chi connectivity index (χ3n) is 5.25. The van der Waals surface area contributed by atoms with Crippen LogP contribution in [0, 0.1) is 17.8 Å². The molecule has 0 bridgehead atoms. The Morgan fingerprint density at radius 1 is 1.46 bits per heavy atom. The molecule has 0 spiro atoms. The standard InChI is InChI=1S/C18H27N3O4S/c1-10(2)12-5-4-11(3)8-13(12)24-16(22)17-25-15(9-26-17)21-7-6-14(19)20-18(21)23/h6-7,10-13,15,17H,4-5,8-9H2,1-3H3,(H2,19,20,23)/t11-,12+,13-,15+,17-/m0/s1. The maximum atomic E-state index is 12.6. The van der Waals surface area contributed by atoms with E-state index in [0.29, 0.717) is 23.5 Å². The minimum absolute atomic E-state index is 0.0598. The lowest BCUT2D eigenvalue weighted by Crippen LogP contribution is -2.38. The average Bonchev–Trinajstić information content (AvgIpc) is 3.04. The van der Waals surface area contributed by atoms with Gasteiger partial charge in [0.25, 0.3) is 0 Å². The second-order valence-corrected chi connectivity index (χ2v) is 8.69. The minimum Gasteiger partial charge on any atom is -0.459 e. The molecule has 1 aliphatic carbocycles. The molecule has 8 heteroatoms. The van der Waals surface area contributed by atoms with Gasteiger partial charge in [-0.1, -0.05) is 27.2 Å². The number of carbonyl (C=O) groups is 1. The summed E-state index contributed by atoms with van der Waals surface area (Å²) in [5, 5.41) is 0. The predicted molar refractivity (Wildman–Crippen MR) is 101 cm³/mol. The number of nitrogens with zero attached hydrogens (tertiary/aromatic N) is 2. The summed E-state index contributed by atoms with van der Waals surface area (Å²) in [5.41, 5.74) is 4.32. The highest BCUT2D eigenvalue weighted by molar-refractivity contribution is 8.00. The van der Waals surface area contributed by atoms with Gasteiger partial charge in [0, 0.05) is 11.9 Å².